The lowest BCUT2D eigenvalue weighted by atomic mass is 10.0. The van der Waals surface area contributed by atoms with E-state index in [4.69, 9.17) is 10.8 Å². The number of carboxylic acids is 1. The molecular formula is C11H20N2O4S. The van der Waals surface area contributed by atoms with Crippen LogP contribution in [0, 0.1) is 5.92 Å². The Labute approximate surface area is 111 Å². The highest BCUT2D eigenvalue weighted by Gasteiger charge is 2.20. The van der Waals surface area contributed by atoms with Gasteiger partial charge in [0.15, 0.2) is 5.78 Å². The Kier molecular flexibility index (Phi) is 7.61. The molecule has 0 rings (SSSR count). The van der Waals surface area contributed by atoms with E-state index in [0.717, 1.165) is 11.8 Å². The molecule has 0 saturated heterocycles. The predicted octanol–water partition coefficient (Wildman–Crippen LogP) is -0.139. The lowest BCUT2D eigenvalue weighted by molar-refractivity contribution is -0.138. The summed E-state index contributed by atoms with van der Waals surface area (Å²) < 4.78 is 0. The van der Waals surface area contributed by atoms with E-state index in [2.05, 4.69) is 5.32 Å². The molecule has 18 heavy (non-hydrogen) atoms. The molecule has 0 aliphatic carbocycles. The van der Waals surface area contributed by atoms with E-state index in [1.807, 2.05) is 13.8 Å². The molecule has 0 radical (unpaired) electrons. The van der Waals surface area contributed by atoms with Crippen molar-refractivity contribution in [3.05, 3.63) is 0 Å². The summed E-state index contributed by atoms with van der Waals surface area (Å²) in [5.41, 5.74) is 5.29. The van der Waals surface area contributed by atoms with Gasteiger partial charge in [0.1, 0.15) is 6.04 Å². The molecular weight excluding hydrogens is 256 g/mol. The SMILES string of the molecule is CC(=O)C(NC(=O)CSC[C@@H](N)C(=O)O)C(C)C. The maximum atomic E-state index is 11.5. The van der Waals surface area contributed by atoms with Crippen LogP contribution in [0.1, 0.15) is 20.8 Å². The summed E-state index contributed by atoms with van der Waals surface area (Å²) in [5, 5.41) is 11.2. The van der Waals surface area contributed by atoms with Crippen molar-refractivity contribution in [1.29, 1.82) is 0 Å². The van der Waals surface area contributed by atoms with E-state index in [0.29, 0.717) is 0 Å². The molecule has 0 aromatic carbocycles. The van der Waals surface area contributed by atoms with Gasteiger partial charge in [-0.15, -0.1) is 11.8 Å². The predicted molar refractivity (Wildman–Crippen MR) is 70.4 cm³/mol. The van der Waals surface area contributed by atoms with Gasteiger partial charge in [0.2, 0.25) is 5.91 Å². The number of carbonyl (C=O) groups is 3. The maximum Gasteiger partial charge on any atom is 0.321 e. The normalized spacial score (nSPS) is 14.1. The van der Waals surface area contributed by atoms with E-state index in [1.165, 1.54) is 6.92 Å². The topological polar surface area (TPSA) is 109 Å². The van der Waals surface area contributed by atoms with Gasteiger partial charge in [-0.2, -0.15) is 0 Å². The molecule has 104 valence electrons. The van der Waals surface area contributed by atoms with Crippen molar-refractivity contribution >= 4 is 29.4 Å². The molecule has 0 aromatic rings. The Bertz CT molecular complexity index is 320. The minimum absolute atomic E-state index is 0.0257. The third-order valence-electron chi connectivity index (χ3n) is 2.27. The first-order valence-electron chi connectivity index (χ1n) is 5.61. The Morgan fingerprint density at radius 1 is 1.33 bits per heavy atom. The second-order valence-electron chi connectivity index (χ2n) is 4.36. The van der Waals surface area contributed by atoms with Gasteiger partial charge >= 0.3 is 5.97 Å². The molecule has 1 unspecified atom stereocenters. The van der Waals surface area contributed by atoms with Crippen LogP contribution < -0.4 is 11.1 Å². The molecule has 1 amide bonds. The molecule has 0 aliphatic heterocycles. The molecule has 0 heterocycles. The van der Waals surface area contributed by atoms with Gasteiger partial charge in [0, 0.05) is 5.75 Å². The van der Waals surface area contributed by atoms with Crippen LogP contribution in [0.2, 0.25) is 0 Å². The van der Waals surface area contributed by atoms with Crippen molar-refractivity contribution in [3.8, 4) is 0 Å². The Balaban J connectivity index is 4.04. The van der Waals surface area contributed by atoms with Crippen molar-refractivity contribution in [1.82, 2.24) is 5.32 Å². The highest BCUT2D eigenvalue weighted by Crippen LogP contribution is 2.05. The molecule has 0 saturated carbocycles. The smallest absolute Gasteiger partial charge is 0.321 e. The third kappa shape index (κ3) is 6.61. The molecule has 2 atom stereocenters. The average molecular weight is 276 g/mol. The first-order chi connectivity index (χ1) is 8.25. The fourth-order valence-corrected chi connectivity index (χ4v) is 2.09. The summed E-state index contributed by atoms with van der Waals surface area (Å²) in [5.74, 6) is -1.19. The summed E-state index contributed by atoms with van der Waals surface area (Å²) in [6.07, 6.45) is 0. The van der Waals surface area contributed by atoms with Crippen molar-refractivity contribution in [3.63, 3.8) is 0 Å². The molecule has 6 nitrogen and oxygen atoms in total. The standard InChI is InChI=1S/C11H20N2O4S/c1-6(2)10(7(3)14)13-9(15)5-18-4-8(12)11(16)17/h6,8,10H,4-5,12H2,1-3H3,(H,13,15)(H,16,17)/t8-,10?/m1/s1. The zero-order valence-electron chi connectivity index (χ0n) is 10.8. The zero-order chi connectivity index (χ0) is 14.3. The van der Waals surface area contributed by atoms with Gasteiger partial charge in [0.25, 0.3) is 0 Å². The number of hydrogen-bond acceptors (Lipinski definition) is 5. The number of nitrogens with two attached hydrogens (primary N) is 1. The first-order valence-corrected chi connectivity index (χ1v) is 6.77. The summed E-state index contributed by atoms with van der Waals surface area (Å²) in [7, 11) is 0. The number of carboxylic acid groups (broad SMARTS) is 1. The van der Waals surface area contributed by atoms with Crippen molar-refractivity contribution < 1.29 is 19.5 Å². The Hall–Kier alpha value is -1.08. The van der Waals surface area contributed by atoms with Crippen LogP contribution in [0.3, 0.4) is 0 Å². The number of rotatable bonds is 8. The van der Waals surface area contributed by atoms with E-state index < -0.39 is 18.1 Å². The van der Waals surface area contributed by atoms with Crippen molar-refractivity contribution in [2.75, 3.05) is 11.5 Å². The number of amides is 1. The minimum atomic E-state index is -1.09. The molecule has 4 N–H and O–H groups in total. The molecule has 0 aromatic heterocycles. The van der Waals surface area contributed by atoms with E-state index >= 15 is 0 Å². The van der Waals surface area contributed by atoms with Crippen LogP contribution in [0.5, 0.6) is 0 Å². The highest BCUT2D eigenvalue weighted by molar-refractivity contribution is 8.00. The summed E-state index contributed by atoms with van der Waals surface area (Å²) >= 11 is 1.13. The Morgan fingerprint density at radius 3 is 2.28 bits per heavy atom. The van der Waals surface area contributed by atoms with Gasteiger partial charge in [-0.3, -0.25) is 14.4 Å². The van der Waals surface area contributed by atoms with Gasteiger partial charge in [-0.25, -0.2) is 0 Å². The molecule has 0 bridgehead atoms. The highest BCUT2D eigenvalue weighted by atomic mass is 32.2. The number of Topliss-reactive ketones (excluding diaryl/α,β-unsaturated/α-hetero) is 1. The average Bonchev–Trinajstić information content (AvgIpc) is 2.24. The number of ketones is 1. The second kappa shape index (κ2) is 8.10. The van der Waals surface area contributed by atoms with Crippen LogP contribution in [-0.4, -0.2) is 46.4 Å². The summed E-state index contributed by atoms with van der Waals surface area (Å²) in [6, 6.07) is -1.47. The quantitative estimate of drug-likeness (QED) is 0.569. The molecule has 0 aliphatic rings. The number of nitrogens with one attached hydrogen (secondary N) is 1. The monoisotopic (exact) mass is 276 g/mol. The van der Waals surface area contributed by atoms with Crippen LogP contribution in [0.15, 0.2) is 0 Å². The molecule has 7 heteroatoms. The van der Waals surface area contributed by atoms with E-state index in [-0.39, 0.29) is 29.1 Å². The number of hydrogen-bond donors (Lipinski definition) is 3. The summed E-state index contributed by atoms with van der Waals surface area (Å²) in [4.78, 5) is 33.3. The van der Waals surface area contributed by atoms with Gasteiger partial charge in [-0.1, -0.05) is 13.8 Å². The lowest BCUT2D eigenvalue weighted by Gasteiger charge is -2.19. The maximum absolute atomic E-state index is 11.5. The Morgan fingerprint density at radius 2 is 1.89 bits per heavy atom. The minimum Gasteiger partial charge on any atom is -0.480 e. The van der Waals surface area contributed by atoms with Crippen LogP contribution >= 0.6 is 11.8 Å². The van der Waals surface area contributed by atoms with Crippen molar-refractivity contribution in [2.24, 2.45) is 11.7 Å². The van der Waals surface area contributed by atoms with Crippen molar-refractivity contribution in [2.45, 2.75) is 32.9 Å². The fraction of sp³-hybridized carbons (Fsp3) is 0.727. The van der Waals surface area contributed by atoms with Gasteiger partial charge in [0.05, 0.1) is 11.8 Å². The largest absolute Gasteiger partial charge is 0.480 e. The lowest BCUT2D eigenvalue weighted by Crippen LogP contribution is -2.44. The van der Waals surface area contributed by atoms with Gasteiger partial charge in [-0.05, 0) is 12.8 Å². The summed E-state index contributed by atoms with van der Waals surface area (Å²) in [6.45, 7) is 5.12. The van der Waals surface area contributed by atoms with Crippen LogP contribution in [0.25, 0.3) is 0 Å². The fourth-order valence-electron chi connectivity index (χ4n) is 1.30. The number of carbonyl (C=O) groups excluding carboxylic acids is 2. The third-order valence-corrected chi connectivity index (χ3v) is 3.33. The van der Waals surface area contributed by atoms with Crippen LogP contribution in [0.4, 0.5) is 0 Å². The zero-order valence-corrected chi connectivity index (χ0v) is 11.6. The molecule has 0 spiro atoms. The number of thioether (sulfide) groups is 1. The van der Waals surface area contributed by atoms with E-state index in [9.17, 15) is 14.4 Å². The van der Waals surface area contributed by atoms with Crippen LogP contribution in [-0.2, 0) is 14.4 Å². The van der Waals surface area contributed by atoms with E-state index in [1.54, 1.807) is 0 Å². The second-order valence-corrected chi connectivity index (χ2v) is 5.39. The molecule has 0 fully saturated rings. The van der Waals surface area contributed by atoms with Gasteiger partial charge < -0.3 is 16.2 Å². The first kappa shape index (κ1) is 16.9. The number of aliphatic carboxylic acids is 1.